The number of nitrogens with one attached hydrogen (secondary N) is 4. The number of carbonyl (C=O) groups excluding carboxylic acids is 2. The number of halogens is 1. The summed E-state index contributed by atoms with van der Waals surface area (Å²) in [6, 6.07) is -0.983. The molecule has 152 valence electrons. The van der Waals surface area contributed by atoms with E-state index >= 15 is 0 Å². The molecule has 27 heavy (non-hydrogen) atoms. The number of tetrazole rings is 1. The van der Waals surface area contributed by atoms with E-state index in [0.29, 0.717) is 0 Å². The lowest BCUT2D eigenvalue weighted by molar-refractivity contribution is -0.118. The Morgan fingerprint density at radius 2 is 2.11 bits per heavy atom. The summed E-state index contributed by atoms with van der Waals surface area (Å²) in [6.45, 7) is 6.77. The van der Waals surface area contributed by atoms with Crippen molar-refractivity contribution in [2.24, 2.45) is 5.73 Å². The molecule has 0 aromatic carbocycles. The van der Waals surface area contributed by atoms with E-state index in [1.54, 1.807) is 27.7 Å². The second-order valence-electron chi connectivity index (χ2n) is 6.82. The van der Waals surface area contributed by atoms with E-state index in [4.69, 9.17) is 10.5 Å². The Kier molecular flexibility index (Phi) is 8.75. The minimum atomic E-state index is -0.983. The minimum Gasteiger partial charge on any atom is -0.444 e. The van der Waals surface area contributed by atoms with Crippen molar-refractivity contribution in [3.8, 4) is 0 Å². The molecule has 0 radical (unpaired) electrons. The Bertz CT molecular complexity index is 628. The van der Waals surface area contributed by atoms with Crippen LogP contribution in [0.15, 0.2) is 11.9 Å². The molecular formula is C15H27FN8O3. The maximum absolute atomic E-state index is 13.7. The van der Waals surface area contributed by atoms with Crippen LogP contribution in [0.1, 0.15) is 40.5 Å². The molecule has 11 nitrogen and oxygen atoms in total. The Labute approximate surface area is 156 Å². The predicted octanol–water partition coefficient (Wildman–Crippen LogP) is 0.559. The highest BCUT2D eigenvalue weighted by Gasteiger charge is 2.24. The van der Waals surface area contributed by atoms with E-state index in [9.17, 15) is 14.0 Å². The largest absolute Gasteiger partial charge is 0.444 e. The van der Waals surface area contributed by atoms with Crippen LogP contribution in [0.25, 0.3) is 0 Å². The Balaban J connectivity index is 2.67. The average Bonchev–Trinajstić information content (AvgIpc) is 3.03. The molecule has 0 aliphatic rings. The summed E-state index contributed by atoms with van der Waals surface area (Å²) in [5.74, 6) is -1.04. The third-order valence-corrected chi connectivity index (χ3v) is 3.00. The molecular weight excluding hydrogens is 359 g/mol. The number of amides is 2. The molecule has 1 aromatic heterocycles. The first kappa shape index (κ1) is 22.4. The van der Waals surface area contributed by atoms with Crippen LogP contribution in [-0.4, -0.2) is 57.0 Å². The minimum absolute atomic E-state index is 0.0170. The number of hydrogen-bond acceptors (Lipinski definition) is 8. The van der Waals surface area contributed by atoms with Gasteiger partial charge in [-0.1, -0.05) is 11.2 Å². The molecule has 0 saturated carbocycles. The van der Waals surface area contributed by atoms with Gasteiger partial charge in [0.05, 0.1) is 6.17 Å². The standard InChI is InChI=1S/C15H27FN8O3/c1-9(17)18-8-10(16)6-5-7-11(19-14(26)27-15(2,3)4)12(25)20-13-21-23-24-22-13/h6,9,11,18H,5,7-8,17H2,1-4H3,(H,19,26)(H2,20,21,22,23,24,25)/b10-6+/t9?,11-/m0/s1. The van der Waals surface area contributed by atoms with Crippen LogP contribution in [0.5, 0.6) is 0 Å². The maximum atomic E-state index is 13.7. The van der Waals surface area contributed by atoms with Crippen LogP contribution >= 0.6 is 0 Å². The monoisotopic (exact) mass is 386 g/mol. The fourth-order valence-corrected chi connectivity index (χ4v) is 1.87. The molecule has 0 saturated heterocycles. The van der Waals surface area contributed by atoms with Crippen molar-refractivity contribution in [3.63, 3.8) is 0 Å². The van der Waals surface area contributed by atoms with Gasteiger partial charge in [-0.05, 0) is 45.7 Å². The highest BCUT2D eigenvalue weighted by Crippen LogP contribution is 2.09. The Hall–Kier alpha value is -2.60. The second kappa shape index (κ2) is 10.5. The van der Waals surface area contributed by atoms with Gasteiger partial charge in [-0.15, -0.1) is 5.10 Å². The van der Waals surface area contributed by atoms with Crippen molar-refractivity contribution in [2.45, 2.75) is 58.3 Å². The van der Waals surface area contributed by atoms with Crippen LogP contribution in [0.2, 0.25) is 0 Å². The lowest BCUT2D eigenvalue weighted by atomic mass is 10.1. The number of aromatic amines is 1. The van der Waals surface area contributed by atoms with Gasteiger partial charge in [0, 0.05) is 6.54 Å². The second-order valence-corrected chi connectivity index (χ2v) is 6.82. The number of allylic oxidation sites excluding steroid dienone is 1. The topological polar surface area (TPSA) is 160 Å². The normalized spacial score (nSPS) is 14.4. The first-order valence-electron chi connectivity index (χ1n) is 8.44. The van der Waals surface area contributed by atoms with Gasteiger partial charge in [0.2, 0.25) is 5.91 Å². The van der Waals surface area contributed by atoms with Crippen molar-refractivity contribution in [1.82, 2.24) is 31.3 Å². The molecule has 1 aromatic rings. The summed E-state index contributed by atoms with van der Waals surface area (Å²) in [5, 5.41) is 20.3. The predicted molar refractivity (Wildman–Crippen MR) is 96.0 cm³/mol. The number of alkyl carbamates (subject to hydrolysis) is 1. The highest BCUT2D eigenvalue weighted by atomic mass is 19.1. The summed E-state index contributed by atoms with van der Waals surface area (Å²) < 4.78 is 18.9. The van der Waals surface area contributed by atoms with Crippen LogP contribution < -0.4 is 21.7 Å². The van der Waals surface area contributed by atoms with Gasteiger partial charge in [0.25, 0.3) is 5.95 Å². The summed E-state index contributed by atoms with van der Waals surface area (Å²) in [6.07, 6.45) is 0.548. The molecule has 0 bridgehead atoms. The average molecular weight is 386 g/mol. The molecule has 0 aliphatic heterocycles. The quantitative estimate of drug-likeness (QED) is 0.385. The van der Waals surface area contributed by atoms with Crippen molar-refractivity contribution in [1.29, 1.82) is 0 Å². The van der Waals surface area contributed by atoms with Crippen molar-refractivity contribution < 1.29 is 18.7 Å². The van der Waals surface area contributed by atoms with E-state index in [1.807, 2.05) is 0 Å². The zero-order valence-corrected chi connectivity index (χ0v) is 15.9. The number of rotatable bonds is 9. The van der Waals surface area contributed by atoms with Gasteiger partial charge in [0.1, 0.15) is 17.5 Å². The third-order valence-electron chi connectivity index (χ3n) is 3.00. The van der Waals surface area contributed by atoms with Gasteiger partial charge in [-0.25, -0.2) is 9.18 Å². The van der Waals surface area contributed by atoms with Gasteiger partial charge < -0.3 is 15.8 Å². The van der Waals surface area contributed by atoms with Gasteiger partial charge in [-0.3, -0.25) is 15.4 Å². The first-order valence-corrected chi connectivity index (χ1v) is 8.44. The number of carbonyl (C=O) groups is 2. The third kappa shape index (κ3) is 10.2. The smallest absolute Gasteiger partial charge is 0.408 e. The van der Waals surface area contributed by atoms with Gasteiger partial charge in [0.15, 0.2) is 0 Å². The van der Waals surface area contributed by atoms with Crippen molar-refractivity contribution in [3.05, 3.63) is 11.9 Å². The Morgan fingerprint density at radius 1 is 1.41 bits per heavy atom. The molecule has 2 amide bonds. The summed E-state index contributed by atoms with van der Waals surface area (Å²) in [7, 11) is 0. The summed E-state index contributed by atoms with van der Waals surface area (Å²) in [5.41, 5.74) is 4.76. The lowest BCUT2D eigenvalue weighted by Crippen LogP contribution is -2.45. The molecule has 6 N–H and O–H groups in total. The number of anilines is 1. The van der Waals surface area contributed by atoms with E-state index < -0.39 is 29.5 Å². The molecule has 12 heteroatoms. The van der Waals surface area contributed by atoms with Crippen LogP contribution in [0.3, 0.4) is 0 Å². The molecule has 1 rings (SSSR count). The van der Waals surface area contributed by atoms with Gasteiger partial charge >= 0.3 is 6.09 Å². The van der Waals surface area contributed by atoms with Crippen LogP contribution in [0, 0.1) is 0 Å². The number of ether oxygens (including phenoxy) is 1. The number of hydrogen-bond donors (Lipinski definition) is 5. The van der Waals surface area contributed by atoms with E-state index in [1.165, 1.54) is 6.08 Å². The molecule has 1 unspecified atom stereocenters. The fraction of sp³-hybridized carbons (Fsp3) is 0.667. The van der Waals surface area contributed by atoms with Gasteiger partial charge in [-0.2, -0.15) is 5.21 Å². The van der Waals surface area contributed by atoms with Crippen LogP contribution in [0.4, 0.5) is 15.1 Å². The number of nitrogens with zero attached hydrogens (tertiary/aromatic N) is 3. The molecule has 1 heterocycles. The Morgan fingerprint density at radius 3 is 2.67 bits per heavy atom. The van der Waals surface area contributed by atoms with E-state index in [0.717, 1.165) is 0 Å². The zero-order valence-electron chi connectivity index (χ0n) is 15.9. The fourth-order valence-electron chi connectivity index (χ4n) is 1.87. The van der Waals surface area contributed by atoms with Crippen molar-refractivity contribution >= 4 is 17.9 Å². The van der Waals surface area contributed by atoms with E-state index in [-0.39, 0.29) is 31.5 Å². The molecule has 2 atom stereocenters. The highest BCUT2D eigenvalue weighted by molar-refractivity contribution is 5.95. The van der Waals surface area contributed by atoms with Crippen LogP contribution in [-0.2, 0) is 9.53 Å². The maximum Gasteiger partial charge on any atom is 0.408 e. The summed E-state index contributed by atoms with van der Waals surface area (Å²) in [4.78, 5) is 24.3. The number of H-pyrrole nitrogens is 1. The molecule has 0 fully saturated rings. The lowest BCUT2D eigenvalue weighted by Gasteiger charge is -2.22. The molecule has 0 aliphatic carbocycles. The SMILES string of the molecule is CC(N)NC/C(F)=C\CC[C@H](NC(=O)OC(C)(C)C)C(=O)Nc1nn[nH]n1. The van der Waals surface area contributed by atoms with Crippen molar-refractivity contribution in [2.75, 3.05) is 11.9 Å². The number of nitrogens with two attached hydrogens (primary N) is 1. The van der Waals surface area contributed by atoms with E-state index in [2.05, 4.69) is 36.6 Å². The number of aromatic nitrogens is 4. The first-order chi connectivity index (χ1) is 12.6. The summed E-state index contributed by atoms with van der Waals surface area (Å²) >= 11 is 0. The zero-order chi connectivity index (χ0) is 20.4. The molecule has 0 spiro atoms.